The molecule has 1 aromatic rings. The summed E-state index contributed by atoms with van der Waals surface area (Å²) in [4.78, 5) is 12.3. The van der Waals surface area contributed by atoms with E-state index in [4.69, 9.17) is 22.1 Å². The molecule has 0 bridgehead atoms. The van der Waals surface area contributed by atoms with Gasteiger partial charge in [0.05, 0.1) is 5.69 Å². The molecule has 0 unspecified atom stereocenters. The van der Waals surface area contributed by atoms with Crippen molar-refractivity contribution >= 4 is 23.2 Å². The summed E-state index contributed by atoms with van der Waals surface area (Å²) < 4.78 is 41.7. The second-order valence-corrected chi connectivity index (χ2v) is 6.00. The van der Waals surface area contributed by atoms with Crippen LogP contribution in [0.4, 0.5) is 18.9 Å². The van der Waals surface area contributed by atoms with Crippen molar-refractivity contribution < 1.29 is 22.7 Å². The van der Waals surface area contributed by atoms with Gasteiger partial charge in [-0.15, -0.1) is 0 Å². The molecule has 0 radical (unpaired) electrons. The topological polar surface area (TPSA) is 64.4 Å². The van der Waals surface area contributed by atoms with Crippen molar-refractivity contribution in [2.75, 3.05) is 18.5 Å². The summed E-state index contributed by atoms with van der Waals surface area (Å²) in [6.45, 7) is -1.04. The highest BCUT2D eigenvalue weighted by molar-refractivity contribution is 6.30. The summed E-state index contributed by atoms with van der Waals surface area (Å²) in [6, 6.07) is 4.16. The molecule has 1 aliphatic rings. The van der Waals surface area contributed by atoms with Crippen LogP contribution in [0, 0.1) is 11.8 Å². The van der Waals surface area contributed by atoms with E-state index in [9.17, 15) is 18.0 Å². The van der Waals surface area contributed by atoms with E-state index in [2.05, 4.69) is 5.32 Å². The van der Waals surface area contributed by atoms with E-state index in [0.29, 0.717) is 6.54 Å². The number of carbonyl (C=O) groups excluding carboxylic acids is 1. The maximum Gasteiger partial charge on any atom is 0.422 e. The number of nitrogens with two attached hydrogens (primary N) is 1. The van der Waals surface area contributed by atoms with E-state index in [0.717, 1.165) is 19.3 Å². The summed E-state index contributed by atoms with van der Waals surface area (Å²) in [5, 5.41) is 2.86. The van der Waals surface area contributed by atoms with E-state index in [1.54, 1.807) is 0 Å². The van der Waals surface area contributed by atoms with Gasteiger partial charge in [-0.3, -0.25) is 4.79 Å². The van der Waals surface area contributed by atoms with Gasteiger partial charge in [-0.25, -0.2) is 0 Å². The van der Waals surface area contributed by atoms with Gasteiger partial charge in [0.2, 0.25) is 5.91 Å². The van der Waals surface area contributed by atoms with Gasteiger partial charge >= 0.3 is 6.18 Å². The number of benzene rings is 1. The van der Waals surface area contributed by atoms with Crippen molar-refractivity contribution in [3.63, 3.8) is 0 Å². The minimum absolute atomic E-state index is 0.0989. The summed E-state index contributed by atoms with van der Waals surface area (Å²) >= 11 is 5.79. The van der Waals surface area contributed by atoms with Crippen molar-refractivity contribution in [1.82, 2.24) is 0 Å². The van der Waals surface area contributed by atoms with E-state index in [1.165, 1.54) is 18.2 Å². The van der Waals surface area contributed by atoms with Crippen LogP contribution in [-0.4, -0.2) is 25.2 Å². The smallest absolute Gasteiger partial charge is 0.422 e. The second kappa shape index (κ2) is 7.40. The van der Waals surface area contributed by atoms with E-state index < -0.39 is 12.8 Å². The van der Waals surface area contributed by atoms with Crippen LogP contribution < -0.4 is 15.8 Å². The Hall–Kier alpha value is -1.47. The molecule has 1 aliphatic carbocycles. The molecule has 1 aromatic carbocycles. The lowest BCUT2D eigenvalue weighted by Crippen LogP contribution is -2.30. The van der Waals surface area contributed by atoms with Crippen molar-refractivity contribution in [2.45, 2.75) is 25.4 Å². The Morgan fingerprint density at radius 1 is 1.39 bits per heavy atom. The number of anilines is 1. The van der Waals surface area contributed by atoms with E-state index in [1.807, 2.05) is 0 Å². The molecule has 0 aliphatic heterocycles. The zero-order valence-corrected chi connectivity index (χ0v) is 13.1. The summed E-state index contributed by atoms with van der Waals surface area (Å²) in [5.74, 6) is -0.490. The number of halogens is 4. The molecule has 8 heteroatoms. The number of carbonyl (C=O) groups is 1. The van der Waals surface area contributed by atoms with Crippen LogP contribution in [-0.2, 0) is 4.79 Å². The fourth-order valence-corrected chi connectivity index (χ4v) is 2.93. The fraction of sp³-hybridized carbons (Fsp3) is 0.533. The maximum atomic E-state index is 12.3. The molecule has 0 aromatic heterocycles. The molecule has 1 fully saturated rings. The van der Waals surface area contributed by atoms with Crippen LogP contribution in [0.2, 0.25) is 5.02 Å². The van der Waals surface area contributed by atoms with Crippen molar-refractivity contribution in [3.8, 4) is 5.75 Å². The Morgan fingerprint density at radius 3 is 2.78 bits per heavy atom. The Kier molecular flexibility index (Phi) is 5.75. The second-order valence-electron chi connectivity index (χ2n) is 5.57. The third kappa shape index (κ3) is 5.00. The minimum atomic E-state index is -4.47. The highest BCUT2D eigenvalue weighted by Gasteiger charge is 2.33. The van der Waals surface area contributed by atoms with Crippen LogP contribution >= 0.6 is 11.6 Å². The lowest BCUT2D eigenvalue weighted by molar-refractivity contribution is -0.153. The van der Waals surface area contributed by atoms with Crippen LogP contribution in [0.5, 0.6) is 5.75 Å². The van der Waals surface area contributed by atoms with Crippen LogP contribution in [0.3, 0.4) is 0 Å². The molecule has 0 spiro atoms. The number of rotatable bonds is 5. The highest BCUT2D eigenvalue weighted by atomic mass is 35.5. The molecule has 2 atom stereocenters. The number of hydrogen-bond donors (Lipinski definition) is 2. The SMILES string of the molecule is NC[C@H]1CCC[C@H]1C(=O)Nc1ccc(Cl)cc1OCC(F)(F)F. The van der Waals surface area contributed by atoms with E-state index in [-0.39, 0.29) is 34.2 Å². The molecule has 0 saturated heterocycles. The van der Waals surface area contributed by atoms with Gasteiger partial charge in [-0.1, -0.05) is 18.0 Å². The summed E-state index contributed by atoms with van der Waals surface area (Å²) in [5.41, 5.74) is 5.83. The average Bonchev–Trinajstić information content (AvgIpc) is 2.95. The zero-order chi connectivity index (χ0) is 17.0. The lowest BCUT2D eigenvalue weighted by atomic mass is 9.95. The molecule has 23 heavy (non-hydrogen) atoms. The summed E-state index contributed by atoms with van der Waals surface area (Å²) in [7, 11) is 0. The molecule has 128 valence electrons. The van der Waals surface area contributed by atoms with Gasteiger partial charge in [0.15, 0.2) is 6.61 Å². The maximum absolute atomic E-state index is 12.3. The summed E-state index contributed by atoms with van der Waals surface area (Å²) in [6.07, 6.45) is -1.95. The van der Waals surface area contributed by atoms with Gasteiger partial charge in [-0.05, 0) is 37.4 Å². The van der Waals surface area contributed by atoms with E-state index >= 15 is 0 Å². The number of hydrogen-bond acceptors (Lipinski definition) is 3. The Bertz CT molecular complexity index is 566. The predicted molar refractivity (Wildman–Crippen MR) is 81.5 cm³/mol. The third-order valence-electron chi connectivity index (χ3n) is 3.89. The van der Waals surface area contributed by atoms with Gasteiger partial charge < -0.3 is 15.8 Å². The molecule has 2 rings (SSSR count). The molecular formula is C15H18ClF3N2O2. The normalized spacial score (nSPS) is 21.3. The Labute approximate surface area is 137 Å². The minimum Gasteiger partial charge on any atom is -0.482 e. The molecule has 1 amide bonds. The Morgan fingerprint density at radius 2 is 2.13 bits per heavy atom. The van der Waals surface area contributed by atoms with Crippen molar-refractivity contribution in [2.24, 2.45) is 17.6 Å². The third-order valence-corrected chi connectivity index (χ3v) is 4.13. The number of alkyl halides is 3. The molecule has 3 N–H and O–H groups in total. The van der Waals surface area contributed by atoms with Crippen LogP contribution in [0.15, 0.2) is 18.2 Å². The molecule has 1 saturated carbocycles. The number of ether oxygens (including phenoxy) is 1. The van der Waals surface area contributed by atoms with Crippen molar-refractivity contribution in [3.05, 3.63) is 23.2 Å². The predicted octanol–water partition coefficient (Wildman–Crippen LogP) is 3.59. The molecule has 4 nitrogen and oxygen atoms in total. The molecule has 0 heterocycles. The first-order valence-electron chi connectivity index (χ1n) is 7.30. The first-order chi connectivity index (χ1) is 10.8. The quantitative estimate of drug-likeness (QED) is 0.853. The fourth-order valence-electron chi connectivity index (χ4n) is 2.77. The first kappa shape index (κ1) is 17.9. The van der Waals surface area contributed by atoms with Crippen molar-refractivity contribution in [1.29, 1.82) is 0 Å². The number of nitrogens with one attached hydrogen (secondary N) is 1. The first-order valence-corrected chi connectivity index (χ1v) is 7.68. The van der Waals surface area contributed by atoms with Gasteiger partial charge in [0.25, 0.3) is 0 Å². The average molecular weight is 351 g/mol. The van der Waals surface area contributed by atoms with Gasteiger partial charge in [0, 0.05) is 17.0 Å². The molecular weight excluding hydrogens is 333 g/mol. The lowest BCUT2D eigenvalue weighted by Gasteiger charge is -2.19. The Balaban J connectivity index is 2.11. The zero-order valence-electron chi connectivity index (χ0n) is 12.3. The largest absolute Gasteiger partial charge is 0.482 e. The highest BCUT2D eigenvalue weighted by Crippen LogP contribution is 2.34. The standard InChI is InChI=1S/C15H18ClF3N2O2/c16-10-4-5-12(13(6-10)23-8-15(17,18)19)21-14(22)11-3-1-2-9(11)7-20/h4-6,9,11H,1-3,7-8,20H2,(H,21,22)/t9-,11-/m1/s1. The van der Waals surface area contributed by atoms with Gasteiger partial charge in [0.1, 0.15) is 5.75 Å². The van der Waals surface area contributed by atoms with Crippen LogP contribution in [0.25, 0.3) is 0 Å². The number of amides is 1. The van der Waals surface area contributed by atoms with Crippen LogP contribution in [0.1, 0.15) is 19.3 Å². The van der Waals surface area contributed by atoms with Gasteiger partial charge in [-0.2, -0.15) is 13.2 Å². The monoisotopic (exact) mass is 350 g/mol.